The van der Waals surface area contributed by atoms with Crippen LogP contribution >= 0.6 is 0 Å². The average molecular weight is 927 g/mol. The summed E-state index contributed by atoms with van der Waals surface area (Å²) in [5.74, 6) is -0.663. The average Bonchev–Trinajstić information content (AvgIpc) is 3.44. The zero-order valence-corrected chi connectivity index (χ0v) is 38.6. The van der Waals surface area contributed by atoms with Crippen molar-refractivity contribution < 1.29 is 8.78 Å². The third kappa shape index (κ3) is 7.99. The molecule has 12 aromatic carbocycles. The smallest absolute Gasteiger partial charge is 0.123 e. The van der Waals surface area contributed by atoms with Gasteiger partial charge in [0.05, 0.1) is 34.6 Å². The van der Waals surface area contributed by atoms with Gasteiger partial charge in [-0.05, 0) is 187 Å². The molecular formula is C66H40F2N4. The van der Waals surface area contributed by atoms with Crippen LogP contribution in [-0.2, 0) is 0 Å². The predicted octanol–water partition coefficient (Wildman–Crippen LogP) is 18.2. The Morgan fingerprint density at radius 2 is 0.625 bits per heavy atom. The number of anilines is 6. The topological polar surface area (TPSA) is 54.1 Å². The first kappa shape index (κ1) is 43.4. The molecule has 0 saturated heterocycles. The van der Waals surface area contributed by atoms with Crippen LogP contribution in [0, 0.1) is 34.3 Å². The van der Waals surface area contributed by atoms with E-state index in [-0.39, 0.29) is 11.6 Å². The molecular weight excluding hydrogens is 887 g/mol. The zero-order valence-electron chi connectivity index (χ0n) is 38.6. The maximum Gasteiger partial charge on any atom is 0.123 e. The van der Waals surface area contributed by atoms with Crippen molar-refractivity contribution in [1.82, 2.24) is 0 Å². The fraction of sp³-hybridized carbons (Fsp3) is 0. The van der Waals surface area contributed by atoms with Crippen LogP contribution < -0.4 is 9.80 Å². The number of hydrogen-bond donors (Lipinski definition) is 0. The van der Waals surface area contributed by atoms with Crippen molar-refractivity contribution in [3.05, 3.63) is 265 Å². The Balaban J connectivity index is 1.09. The van der Waals surface area contributed by atoms with Gasteiger partial charge in [0.1, 0.15) is 11.6 Å². The van der Waals surface area contributed by atoms with E-state index in [1.807, 2.05) is 109 Å². The number of nitrogens with zero attached hydrogens (tertiary/aromatic N) is 4. The Labute approximate surface area is 415 Å². The van der Waals surface area contributed by atoms with Crippen molar-refractivity contribution in [2.24, 2.45) is 0 Å². The molecule has 0 amide bonds. The van der Waals surface area contributed by atoms with Crippen molar-refractivity contribution in [2.45, 2.75) is 0 Å². The van der Waals surface area contributed by atoms with Crippen molar-refractivity contribution in [3.8, 4) is 56.6 Å². The summed E-state index contributed by atoms with van der Waals surface area (Å²) in [6, 6.07) is 83.8. The number of rotatable bonds is 10. The van der Waals surface area contributed by atoms with Crippen LogP contribution in [-0.4, -0.2) is 0 Å². The molecule has 0 aliphatic rings. The number of benzene rings is 12. The molecule has 0 fully saturated rings. The van der Waals surface area contributed by atoms with E-state index in [1.165, 1.54) is 24.3 Å². The fourth-order valence-corrected chi connectivity index (χ4v) is 10.1. The van der Waals surface area contributed by atoms with Gasteiger partial charge in [-0.1, -0.05) is 121 Å². The minimum atomic E-state index is -0.332. The lowest BCUT2D eigenvalue weighted by Gasteiger charge is -2.30. The SMILES string of the molecule is N#Cc1ccc(-c2cc(-c3ccccc3)cc(N(c3ccc(F)cc3)c3ccc4ccc5c(N(c6ccc(F)cc6)c6cc(-c7ccccc7)cc(-c7ccc(C#N)cc7)c6)ccc6ccc3c4c65)c2)cc1. The molecule has 0 N–H and O–H groups in total. The molecule has 0 bridgehead atoms. The third-order valence-corrected chi connectivity index (χ3v) is 13.5. The maximum absolute atomic E-state index is 14.9. The van der Waals surface area contributed by atoms with E-state index in [0.29, 0.717) is 11.1 Å². The van der Waals surface area contributed by atoms with E-state index < -0.39 is 0 Å². The second-order valence-corrected chi connectivity index (χ2v) is 17.9. The van der Waals surface area contributed by atoms with Gasteiger partial charge in [-0.15, -0.1) is 0 Å². The molecule has 72 heavy (non-hydrogen) atoms. The first-order valence-corrected chi connectivity index (χ1v) is 23.6. The van der Waals surface area contributed by atoms with E-state index in [0.717, 1.165) is 111 Å². The first-order chi connectivity index (χ1) is 35.4. The number of halogens is 2. The van der Waals surface area contributed by atoms with Crippen molar-refractivity contribution >= 4 is 66.4 Å². The normalized spacial score (nSPS) is 11.2. The minimum Gasteiger partial charge on any atom is -0.310 e. The molecule has 6 heteroatoms. The Morgan fingerprint density at radius 1 is 0.292 bits per heavy atom. The Morgan fingerprint density at radius 3 is 0.972 bits per heavy atom. The summed E-state index contributed by atoms with van der Waals surface area (Å²) in [4.78, 5) is 4.41. The highest BCUT2D eigenvalue weighted by Crippen LogP contribution is 2.49. The van der Waals surface area contributed by atoms with Gasteiger partial charge in [0.15, 0.2) is 0 Å². The molecule has 0 unspecified atom stereocenters. The molecule has 12 aromatic rings. The summed E-state index contributed by atoms with van der Waals surface area (Å²) >= 11 is 0. The lowest BCUT2D eigenvalue weighted by molar-refractivity contribution is 0.627. The second kappa shape index (κ2) is 18.2. The van der Waals surface area contributed by atoms with Crippen LogP contribution in [0.15, 0.2) is 243 Å². The van der Waals surface area contributed by atoms with Crippen LogP contribution in [0.3, 0.4) is 0 Å². The van der Waals surface area contributed by atoms with Crippen LogP contribution in [0.25, 0.3) is 76.8 Å². The van der Waals surface area contributed by atoms with Gasteiger partial charge >= 0.3 is 0 Å². The van der Waals surface area contributed by atoms with E-state index in [4.69, 9.17) is 0 Å². The molecule has 0 saturated carbocycles. The Bertz CT molecular complexity index is 3780. The number of hydrogen-bond acceptors (Lipinski definition) is 4. The molecule has 338 valence electrons. The standard InChI is InChI=1S/C66H40F2N4/c67-55-23-27-57(28-24-55)71(59-37-51(45-7-3-1-4-8-45)35-53(39-59)47-15-11-43(41-69)12-16-47)63-33-21-49-20-32-62-64(34-22-50-19-31-61(63)65(49)66(50)62)72(58-29-25-56(68)26-30-58)60-38-52(46-9-5-2-6-10-46)36-54(40-60)48-17-13-44(42-70)14-18-48/h1-40H. The van der Waals surface area contributed by atoms with Gasteiger partial charge in [0.2, 0.25) is 0 Å². The van der Waals surface area contributed by atoms with Crippen molar-refractivity contribution in [3.63, 3.8) is 0 Å². The molecule has 0 heterocycles. The van der Waals surface area contributed by atoms with Crippen molar-refractivity contribution in [1.29, 1.82) is 10.5 Å². The van der Waals surface area contributed by atoms with Gasteiger partial charge in [-0.3, -0.25) is 0 Å². The summed E-state index contributed by atoms with van der Waals surface area (Å²) in [6.07, 6.45) is 0. The number of nitriles is 2. The quantitative estimate of drug-likeness (QED) is 0.128. The predicted molar refractivity (Wildman–Crippen MR) is 291 cm³/mol. The van der Waals surface area contributed by atoms with E-state index in [9.17, 15) is 19.3 Å². The molecule has 0 atom stereocenters. The third-order valence-electron chi connectivity index (χ3n) is 13.5. The van der Waals surface area contributed by atoms with Gasteiger partial charge in [0.25, 0.3) is 0 Å². The summed E-state index contributed by atoms with van der Waals surface area (Å²) in [5.41, 5.74) is 14.2. The minimum absolute atomic E-state index is 0.332. The molecule has 0 spiro atoms. The summed E-state index contributed by atoms with van der Waals surface area (Å²) < 4.78 is 29.7. The summed E-state index contributed by atoms with van der Waals surface area (Å²) in [5, 5.41) is 25.5. The lowest BCUT2D eigenvalue weighted by atomic mass is 9.91. The van der Waals surface area contributed by atoms with Crippen molar-refractivity contribution in [2.75, 3.05) is 9.80 Å². The van der Waals surface area contributed by atoms with E-state index >= 15 is 0 Å². The second-order valence-electron chi connectivity index (χ2n) is 17.9. The van der Waals surface area contributed by atoms with Crippen LogP contribution in [0.2, 0.25) is 0 Å². The Hall–Kier alpha value is -9.88. The molecule has 0 aliphatic carbocycles. The van der Waals surface area contributed by atoms with Gasteiger partial charge < -0.3 is 9.80 Å². The fourth-order valence-electron chi connectivity index (χ4n) is 10.1. The summed E-state index contributed by atoms with van der Waals surface area (Å²) in [6.45, 7) is 0. The highest BCUT2D eigenvalue weighted by Gasteiger charge is 2.24. The van der Waals surface area contributed by atoms with Gasteiger partial charge in [-0.25, -0.2) is 8.78 Å². The maximum atomic E-state index is 14.9. The highest BCUT2D eigenvalue weighted by molar-refractivity contribution is 6.28. The monoisotopic (exact) mass is 926 g/mol. The first-order valence-electron chi connectivity index (χ1n) is 23.6. The summed E-state index contributed by atoms with van der Waals surface area (Å²) in [7, 11) is 0. The molecule has 12 rings (SSSR count). The van der Waals surface area contributed by atoms with Crippen LogP contribution in [0.1, 0.15) is 11.1 Å². The van der Waals surface area contributed by atoms with Gasteiger partial charge in [-0.2, -0.15) is 10.5 Å². The Kier molecular flexibility index (Phi) is 11.0. The largest absolute Gasteiger partial charge is 0.310 e. The van der Waals surface area contributed by atoms with Crippen LogP contribution in [0.5, 0.6) is 0 Å². The lowest BCUT2D eigenvalue weighted by Crippen LogP contribution is -2.12. The zero-order chi connectivity index (χ0) is 48.7. The van der Waals surface area contributed by atoms with Gasteiger partial charge in [0, 0.05) is 33.5 Å². The van der Waals surface area contributed by atoms with E-state index in [1.54, 1.807) is 0 Å². The molecule has 0 aromatic heterocycles. The molecule has 4 nitrogen and oxygen atoms in total. The van der Waals surface area contributed by atoms with E-state index in [2.05, 4.69) is 131 Å². The van der Waals surface area contributed by atoms with Crippen LogP contribution in [0.4, 0.5) is 42.9 Å². The highest BCUT2D eigenvalue weighted by atomic mass is 19.1. The molecule has 0 aliphatic heterocycles. The molecule has 0 radical (unpaired) electrons.